The van der Waals surface area contributed by atoms with E-state index in [4.69, 9.17) is 10.2 Å². The van der Waals surface area contributed by atoms with Crippen molar-refractivity contribution in [1.29, 1.82) is 0 Å². The molecule has 1 fully saturated rings. The maximum Gasteiger partial charge on any atom is 0.225 e. The zero-order chi connectivity index (χ0) is 8.55. The fourth-order valence-corrected chi connectivity index (χ4v) is 1.10. The number of β-amino-alcohol motifs (C(OH)–C–C–N with tert-alkyl or cyclic N) is 1. The minimum atomic E-state index is -0.262. The predicted molar refractivity (Wildman–Crippen MR) is 41.9 cm³/mol. The van der Waals surface area contributed by atoms with Crippen molar-refractivity contribution in [2.45, 2.75) is 6.10 Å². The Labute approximate surface area is 69.3 Å². The molecule has 0 saturated carbocycles. The summed E-state index contributed by atoms with van der Waals surface area (Å²) >= 11 is 0. The average Bonchev–Trinajstić information content (AvgIpc) is 2.01. The number of nitrogens with zero attached hydrogens (tertiary/aromatic N) is 3. The molecule has 64 valence electrons. The molecular weight excluding hydrogens is 158 g/mol. The fourth-order valence-electron chi connectivity index (χ4n) is 1.10. The monoisotopic (exact) mass is 167 g/mol. The Morgan fingerprint density at radius 1 is 1.33 bits per heavy atom. The van der Waals surface area contributed by atoms with Crippen LogP contribution in [0.4, 0.5) is 5.95 Å². The van der Waals surface area contributed by atoms with Crippen molar-refractivity contribution >= 4 is 5.95 Å². The van der Waals surface area contributed by atoms with E-state index in [1.165, 1.54) is 12.4 Å². The molecule has 2 N–H and O–H groups in total. The molecule has 5 heteroatoms. The minimum Gasteiger partial charge on any atom is -0.505 e. The molecule has 0 spiro atoms. The highest BCUT2D eigenvalue weighted by Crippen LogP contribution is 2.16. The second-order valence-electron chi connectivity index (χ2n) is 2.80. The quantitative estimate of drug-likeness (QED) is 0.582. The molecule has 0 bridgehead atoms. The van der Waals surface area contributed by atoms with E-state index in [2.05, 4.69) is 9.97 Å². The van der Waals surface area contributed by atoms with Gasteiger partial charge in [-0.1, -0.05) is 0 Å². The highest BCUT2D eigenvalue weighted by atomic mass is 16.3. The number of hydrogen-bond acceptors (Lipinski definition) is 5. The maximum absolute atomic E-state index is 8.99. The van der Waals surface area contributed by atoms with E-state index in [0.29, 0.717) is 19.0 Å². The van der Waals surface area contributed by atoms with E-state index in [9.17, 15) is 0 Å². The molecule has 0 aliphatic carbocycles. The third kappa shape index (κ3) is 1.18. The van der Waals surface area contributed by atoms with Crippen LogP contribution in [-0.2, 0) is 0 Å². The van der Waals surface area contributed by atoms with Gasteiger partial charge < -0.3 is 15.1 Å². The summed E-state index contributed by atoms with van der Waals surface area (Å²) < 4.78 is 0. The lowest BCUT2D eigenvalue weighted by Gasteiger charge is -2.35. The number of hydrogen-bond donors (Lipinski definition) is 2. The molecule has 1 aliphatic rings. The Morgan fingerprint density at radius 3 is 2.42 bits per heavy atom. The standard InChI is InChI=1S/C7H9N3O2/c11-5-1-8-7(9-2-5)10-3-6(12)4-10/h1-2,6,11-12H,3-4H2. The molecule has 0 radical (unpaired) electrons. The van der Waals surface area contributed by atoms with Gasteiger partial charge in [0.05, 0.1) is 18.5 Å². The van der Waals surface area contributed by atoms with Gasteiger partial charge in [0.2, 0.25) is 5.95 Å². The summed E-state index contributed by atoms with van der Waals surface area (Å²) in [6, 6.07) is 0. The topological polar surface area (TPSA) is 69.5 Å². The van der Waals surface area contributed by atoms with Gasteiger partial charge in [-0.15, -0.1) is 0 Å². The molecule has 2 heterocycles. The lowest BCUT2D eigenvalue weighted by atomic mass is 10.2. The van der Waals surface area contributed by atoms with E-state index >= 15 is 0 Å². The first-order valence-corrected chi connectivity index (χ1v) is 3.70. The first kappa shape index (κ1) is 7.30. The van der Waals surface area contributed by atoms with E-state index < -0.39 is 0 Å². The van der Waals surface area contributed by atoms with Crippen molar-refractivity contribution in [3.05, 3.63) is 12.4 Å². The largest absolute Gasteiger partial charge is 0.505 e. The van der Waals surface area contributed by atoms with Gasteiger partial charge in [0.15, 0.2) is 5.75 Å². The van der Waals surface area contributed by atoms with Crippen molar-refractivity contribution < 1.29 is 10.2 Å². The number of rotatable bonds is 1. The second-order valence-corrected chi connectivity index (χ2v) is 2.80. The van der Waals surface area contributed by atoms with Gasteiger partial charge >= 0.3 is 0 Å². The third-order valence-electron chi connectivity index (χ3n) is 1.77. The molecule has 5 nitrogen and oxygen atoms in total. The van der Waals surface area contributed by atoms with Crippen LogP contribution in [0, 0.1) is 0 Å². The van der Waals surface area contributed by atoms with Crippen LogP contribution < -0.4 is 4.90 Å². The van der Waals surface area contributed by atoms with Crippen LogP contribution in [0.2, 0.25) is 0 Å². The summed E-state index contributed by atoms with van der Waals surface area (Å²) in [6.07, 6.45) is 2.42. The van der Waals surface area contributed by atoms with Crippen LogP contribution in [0.15, 0.2) is 12.4 Å². The molecule has 0 aromatic carbocycles. The van der Waals surface area contributed by atoms with Crippen LogP contribution >= 0.6 is 0 Å². The van der Waals surface area contributed by atoms with Crippen LogP contribution in [0.25, 0.3) is 0 Å². The van der Waals surface area contributed by atoms with Crippen molar-refractivity contribution in [3.8, 4) is 5.75 Å². The summed E-state index contributed by atoms with van der Waals surface area (Å²) in [5.41, 5.74) is 0. The van der Waals surface area contributed by atoms with Crippen LogP contribution in [0.1, 0.15) is 0 Å². The summed E-state index contributed by atoms with van der Waals surface area (Å²) in [5, 5.41) is 17.9. The SMILES string of the molecule is Oc1cnc(N2CC(O)C2)nc1. The van der Waals surface area contributed by atoms with Gasteiger partial charge in [-0.3, -0.25) is 0 Å². The highest BCUT2D eigenvalue weighted by molar-refractivity contribution is 5.35. The smallest absolute Gasteiger partial charge is 0.225 e. The predicted octanol–water partition coefficient (Wildman–Crippen LogP) is -0.637. The minimum absolute atomic E-state index is 0.0554. The van der Waals surface area contributed by atoms with Crippen molar-refractivity contribution in [1.82, 2.24) is 9.97 Å². The van der Waals surface area contributed by atoms with Crippen LogP contribution in [0.3, 0.4) is 0 Å². The first-order valence-electron chi connectivity index (χ1n) is 3.70. The van der Waals surface area contributed by atoms with E-state index in [-0.39, 0.29) is 11.9 Å². The van der Waals surface area contributed by atoms with Crippen molar-refractivity contribution in [2.75, 3.05) is 18.0 Å². The van der Waals surface area contributed by atoms with E-state index in [1.54, 1.807) is 0 Å². The molecule has 1 saturated heterocycles. The highest BCUT2D eigenvalue weighted by Gasteiger charge is 2.26. The number of aliphatic hydroxyl groups is 1. The Bertz CT molecular complexity index is 268. The van der Waals surface area contributed by atoms with Gasteiger partial charge in [-0.2, -0.15) is 0 Å². The van der Waals surface area contributed by atoms with Crippen LogP contribution in [-0.4, -0.2) is 39.4 Å². The number of aromatic nitrogens is 2. The molecule has 2 rings (SSSR count). The van der Waals surface area contributed by atoms with Crippen LogP contribution in [0.5, 0.6) is 5.75 Å². The Kier molecular flexibility index (Phi) is 1.58. The summed E-state index contributed by atoms with van der Waals surface area (Å²) in [7, 11) is 0. The maximum atomic E-state index is 8.99. The average molecular weight is 167 g/mol. The van der Waals surface area contributed by atoms with Gasteiger partial charge in [0.1, 0.15) is 0 Å². The zero-order valence-corrected chi connectivity index (χ0v) is 6.38. The van der Waals surface area contributed by atoms with E-state index in [0.717, 1.165) is 0 Å². The van der Waals surface area contributed by atoms with Gasteiger partial charge in [-0.05, 0) is 0 Å². The normalized spacial score (nSPS) is 17.6. The molecule has 0 amide bonds. The van der Waals surface area contributed by atoms with Crippen molar-refractivity contribution in [2.24, 2.45) is 0 Å². The number of anilines is 1. The Hall–Kier alpha value is -1.36. The summed E-state index contributed by atoms with van der Waals surface area (Å²) in [6.45, 7) is 1.15. The molecule has 12 heavy (non-hydrogen) atoms. The van der Waals surface area contributed by atoms with E-state index in [1.807, 2.05) is 4.90 Å². The first-order chi connectivity index (χ1) is 5.75. The molecular formula is C7H9N3O2. The van der Waals surface area contributed by atoms with Gasteiger partial charge in [0, 0.05) is 13.1 Å². The summed E-state index contributed by atoms with van der Waals surface area (Å²) in [4.78, 5) is 9.61. The fraction of sp³-hybridized carbons (Fsp3) is 0.429. The molecule has 1 aromatic heterocycles. The second kappa shape index (κ2) is 2.60. The molecule has 0 atom stereocenters. The molecule has 0 unspecified atom stereocenters. The number of aliphatic hydroxyl groups excluding tert-OH is 1. The lowest BCUT2D eigenvalue weighted by molar-refractivity contribution is 0.140. The Balaban J connectivity index is 2.09. The van der Waals surface area contributed by atoms with Gasteiger partial charge in [-0.25, -0.2) is 9.97 Å². The number of aromatic hydroxyl groups is 1. The Morgan fingerprint density at radius 2 is 1.92 bits per heavy atom. The lowest BCUT2D eigenvalue weighted by Crippen LogP contribution is -2.51. The molecule has 1 aromatic rings. The molecule has 1 aliphatic heterocycles. The van der Waals surface area contributed by atoms with Crippen molar-refractivity contribution in [3.63, 3.8) is 0 Å². The van der Waals surface area contributed by atoms with Gasteiger partial charge in [0.25, 0.3) is 0 Å². The third-order valence-corrected chi connectivity index (χ3v) is 1.77. The summed E-state index contributed by atoms with van der Waals surface area (Å²) in [5.74, 6) is 0.609. The zero-order valence-electron chi connectivity index (χ0n) is 6.38.